The number of aromatic hydroxyl groups is 1. The van der Waals surface area contributed by atoms with Gasteiger partial charge in [-0.15, -0.1) is 0 Å². The molecule has 2 aliphatic rings. The third-order valence-corrected chi connectivity index (χ3v) is 7.10. The van der Waals surface area contributed by atoms with Gasteiger partial charge in [0, 0.05) is 16.5 Å². The van der Waals surface area contributed by atoms with Crippen LogP contribution in [0, 0.1) is 0 Å². The van der Waals surface area contributed by atoms with E-state index in [4.69, 9.17) is 14.5 Å². The molecule has 7 nitrogen and oxygen atoms in total. The number of phenolic OH excluding ortho intramolecular Hbond substituents is 1. The first-order valence-corrected chi connectivity index (χ1v) is 11.8. The molecule has 0 atom stereocenters. The van der Waals surface area contributed by atoms with Crippen molar-refractivity contribution in [1.29, 1.82) is 0 Å². The van der Waals surface area contributed by atoms with Gasteiger partial charge in [0.15, 0.2) is 11.3 Å². The zero-order valence-corrected chi connectivity index (χ0v) is 22.0. The number of benzene rings is 3. The van der Waals surface area contributed by atoms with E-state index in [1.165, 1.54) is 6.07 Å². The summed E-state index contributed by atoms with van der Waals surface area (Å²) in [6.45, 7) is 0. The number of phenols is 1. The molecule has 1 aliphatic heterocycles. The monoisotopic (exact) mass is 738 g/mol. The molecule has 1 aliphatic carbocycles. The molecular formula is C20H13BBr4Na2O7. The molecule has 0 amide bonds. The molecule has 0 unspecified atom stereocenters. The van der Waals surface area contributed by atoms with Crippen LogP contribution in [0.3, 0.4) is 0 Å². The molecule has 0 radical (unpaired) electrons. The second kappa shape index (κ2) is 13.7. The van der Waals surface area contributed by atoms with Gasteiger partial charge in [0.25, 0.3) is 0 Å². The first kappa shape index (κ1) is 32.3. The van der Waals surface area contributed by atoms with Gasteiger partial charge in [-0.3, -0.25) is 4.79 Å². The summed E-state index contributed by atoms with van der Waals surface area (Å²) in [5, 5.41) is 34.9. The van der Waals surface area contributed by atoms with Crippen LogP contribution >= 0.6 is 63.7 Å². The molecule has 0 saturated heterocycles. The van der Waals surface area contributed by atoms with Gasteiger partial charge in [0.2, 0.25) is 5.43 Å². The van der Waals surface area contributed by atoms with Crippen molar-refractivity contribution in [3.8, 4) is 28.2 Å². The molecular weight excluding hydrogens is 729 g/mol. The van der Waals surface area contributed by atoms with E-state index in [0.29, 0.717) is 31.0 Å². The van der Waals surface area contributed by atoms with Crippen molar-refractivity contribution in [3.05, 3.63) is 70.1 Å². The number of carbonyl (C=O) groups is 1. The molecule has 34 heavy (non-hydrogen) atoms. The number of aromatic carboxylic acids is 1. The summed E-state index contributed by atoms with van der Waals surface area (Å²) in [6, 6.07) is 9.84. The molecule has 2 aromatic carbocycles. The SMILES string of the molecule is O=C(O)c1ccccc1-c1c2cc(Br)c(=O)c(Br)c-2oc2c(Br)c(O)c(Br)cc12.OBO.[NaH].[NaH]. The zero-order valence-electron chi connectivity index (χ0n) is 15.7. The van der Waals surface area contributed by atoms with Gasteiger partial charge in [0.1, 0.15) is 14.7 Å². The molecule has 14 heteroatoms. The van der Waals surface area contributed by atoms with Crippen molar-refractivity contribution in [1.82, 2.24) is 0 Å². The van der Waals surface area contributed by atoms with Crippen LogP contribution in [0.5, 0.6) is 5.75 Å². The molecule has 4 rings (SSSR count). The Hall–Kier alpha value is 0.305. The average Bonchev–Trinajstić information content (AvgIpc) is 2.76. The summed E-state index contributed by atoms with van der Waals surface area (Å²) in [4.78, 5) is 24.3. The molecule has 4 N–H and O–H groups in total. The van der Waals surface area contributed by atoms with Gasteiger partial charge < -0.3 is 24.7 Å². The van der Waals surface area contributed by atoms with Crippen LogP contribution in [0.1, 0.15) is 10.4 Å². The average molecular weight is 742 g/mol. The van der Waals surface area contributed by atoms with Crippen molar-refractivity contribution in [2.45, 2.75) is 0 Å². The fourth-order valence-corrected chi connectivity index (χ4v) is 5.57. The van der Waals surface area contributed by atoms with E-state index < -0.39 is 13.7 Å². The first-order chi connectivity index (χ1) is 15.1. The zero-order chi connectivity index (χ0) is 23.7. The van der Waals surface area contributed by atoms with E-state index in [0.717, 1.165) is 0 Å². The second-order valence-electron chi connectivity index (χ2n) is 6.25. The third-order valence-electron chi connectivity index (χ3n) is 4.45. The summed E-state index contributed by atoms with van der Waals surface area (Å²) in [6.07, 6.45) is 0. The molecule has 0 saturated carbocycles. The first-order valence-electron chi connectivity index (χ1n) is 8.63. The Balaban J connectivity index is 0.00000110. The van der Waals surface area contributed by atoms with Crippen LogP contribution in [0.2, 0.25) is 0 Å². The minimum atomic E-state index is -1.09. The van der Waals surface area contributed by atoms with Gasteiger partial charge >= 0.3 is 72.8 Å². The van der Waals surface area contributed by atoms with Gasteiger partial charge in [-0.25, -0.2) is 4.79 Å². The molecule has 2 aromatic rings. The topological polar surface area (TPSA) is 128 Å². The number of hydrogen-bond donors (Lipinski definition) is 4. The Morgan fingerprint density at radius 1 is 0.912 bits per heavy atom. The Morgan fingerprint density at radius 3 is 2.09 bits per heavy atom. The molecule has 0 aromatic heterocycles. The van der Waals surface area contributed by atoms with Crippen molar-refractivity contribution in [2.24, 2.45) is 0 Å². The van der Waals surface area contributed by atoms with Gasteiger partial charge in [-0.2, -0.15) is 0 Å². The predicted octanol–water partition coefficient (Wildman–Crippen LogP) is 3.96. The van der Waals surface area contributed by atoms with Crippen molar-refractivity contribution in [3.63, 3.8) is 0 Å². The summed E-state index contributed by atoms with van der Waals surface area (Å²) in [7, 11) is -0.750. The maximum absolute atomic E-state index is 12.4. The summed E-state index contributed by atoms with van der Waals surface area (Å²) in [5.41, 5.74) is 1.61. The molecule has 0 bridgehead atoms. The van der Waals surface area contributed by atoms with Crippen LogP contribution in [0.15, 0.2) is 63.5 Å². The van der Waals surface area contributed by atoms with Crippen LogP contribution < -0.4 is 5.43 Å². The summed E-state index contributed by atoms with van der Waals surface area (Å²) < 4.78 is 7.17. The number of fused-ring (bicyclic) bond motifs is 2. The van der Waals surface area contributed by atoms with E-state index in [1.807, 2.05) is 0 Å². The minimum absolute atomic E-state index is 0. The van der Waals surface area contributed by atoms with Gasteiger partial charge in [0.05, 0.1) is 14.5 Å². The van der Waals surface area contributed by atoms with Crippen LogP contribution in [-0.4, -0.2) is 93.0 Å². The van der Waals surface area contributed by atoms with E-state index in [-0.39, 0.29) is 96.1 Å². The normalized spacial score (nSPS) is 10.1. The Bertz CT molecular complexity index is 1400. The number of carboxylic acid groups (broad SMARTS) is 1. The second-order valence-corrected chi connectivity index (χ2v) is 9.54. The number of rotatable bonds is 2. The van der Waals surface area contributed by atoms with Crippen LogP contribution in [-0.2, 0) is 0 Å². The predicted molar refractivity (Wildman–Crippen MR) is 150 cm³/mol. The number of hydrogen-bond acceptors (Lipinski definition) is 6. The fourth-order valence-electron chi connectivity index (χ4n) is 3.17. The summed E-state index contributed by atoms with van der Waals surface area (Å²) in [5.74, 6) is -0.921. The van der Waals surface area contributed by atoms with Crippen LogP contribution in [0.25, 0.3) is 33.4 Å². The van der Waals surface area contributed by atoms with Crippen molar-refractivity contribution in [2.75, 3.05) is 0 Å². The Kier molecular flexibility index (Phi) is 13.1. The van der Waals surface area contributed by atoms with Gasteiger partial charge in [-0.05, 0) is 87.5 Å². The van der Waals surface area contributed by atoms with E-state index in [2.05, 4.69) is 63.7 Å². The molecule has 1 heterocycles. The summed E-state index contributed by atoms with van der Waals surface area (Å²) >= 11 is 13.2. The number of carboxylic acids is 1. The quantitative estimate of drug-likeness (QED) is 0.181. The maximum atomic E-state index is 12.4. The Morgan fingerprint density at radius 2 is 1.50 bits per heavy atom. The van der Waals surface area contributed by atoms with Crippen LogP contribution in [0.4, 0.5) is 0 Å². The van der Waals surface area contributed by atoms with Crippen molar-refractivity contribution >= 4 is 147 Å². The molecule has 0 spiro atoms. The third kappa shape index (κ3) is 6.23. The fraction of sp³-hybridized carbons (Fsp3) is 0. The van der Waals surface area contributed by atoms with Gasteiger partial charge in [-0.1, -0.05) is 18.2 Å². The van der Waals surface area contributed by atoms with E-state index >= 15 is 0 Å². The Labute approximate surface area is 271 Å². The van der Waals surface area contributed by atoms with E-state index in [9.17, 15) is 19.8 Å². The van der Waals surface area contributed by atoms with E-state index in [1.54, 1.807) is 30.3 Å². The number of halogens is 4. The standard InChI is InChI=1S/C20H8Br4O5.BH3O2.2Na.2H/c21-11-5-9-13(7-3-1-2-4-8(7)20(27)28)10-6-12(22)17(26)15(24)19(10)29-18(9)14(23)16(11)25;2-1-3;;;;/h1-6,25H,(H,27,28);1-3H;;;;. The molecule has 0 fully saturated rings. The van der Waals surface area contributed by atoms with Crippen molar-refractivity contribution < 1.29 is 29.5 Å². The molecule has 168 valence electrons.